The molecule has 0 aliphatic rings. The molecule has 3 nitrogen and oxygen atoms in total. The summed E-state index contributed by atoms with van der Waals surface area (Å²) in [4.78, 5) is 11.3. The summed E-state index contributed by atoms with van der Waals surface area (Å²) in [5, 5.41) is 0. The SMILES string of the molecule is CCCCCCOC(=O)[C@@H](N)CC(C)(C)F. The van der Waals surface area contributed by atoms with Crippen LogP contribution in [0.2, 0.25) is 0 Å². The molecule has 0 amide bonds. The standard InChI is InChI=1S/C12H24FNO2/c1-4-5-6-7-8-16-11(15)10(14)9-12(2,3)13/h10H,4-9,14H2,1-3H3/t10-/m0/s1. The van der Waals surface area contributed by atoms with Crippen molar-refractivity contribution in [1.82, 2.24) is 0 Å². The van der Waals surface area contributed by atoms with Gasteiger partial charge in [0.15, 0.2) is 0 Å². The first-order valence-corrected chi connectivity index (χ1v) is 5.98. The van der Waals surface area contributed by atoms with E-state index in [4.69, 9.17) is 10.5 Å². The monoisotopic (exact) mass is 233 g/mol. The predicted molar refractivity (Wildman–Crippen MR) is 62.9 cm³/mol. The van der Waals surface area contributed by atoms with Gasteiger partial charge in [-0.2, -0.15) is 0 Å². The zero-order valence-corrected chi connectivity index (χ0v) is 10.6. The van der Waals surface area contributed by atoms with Crippen molar-refractivity contribution in [1.29, 1.82) is 0 Å². The molecule has 0 saturated heterocycles. The van der Waals surface area contributed by atoms with Gasteiger partial charge in [0, 0.05) is 6.42 Å². The average molecular weight is 233 g/mol. The molecule has 0 unspecified atom stereocenters. The van der Waals surface area contributed by atoms with Crippen LogP contribution in [0.4, 0.5) is 4.39 Å². The molecule has 0 aliphatic carbocycles. The molecule has 0 aliphatic heterocycles. The zero-order valence-electron chi connectivity index (χ0n) is 10.6. The van der Waals surface area contributed by atoms with Crippen LogP contribution in [0.1, 0.15) is 52.9 Å². The van der Waals surface area contributed by atoms with Gasteiger partial charge in [-0.05, 0) is 20.3 Å². The van der Waals surface area contributed by atoms with Gasteiger partial charge in [-0.1, -0.05) is 26.2 Å². The second kappa shape index (κ2) is 7.60. The van der Waals surface area contributed by atoms with Gasteiger partial charge in [-0.3, -0.25) is 4.79 Å². The summed E-state index contributed by atoms with van der Waals surface area (Å²) < 4.78 is 18.2. The summed E-state index contributed by atoms with van der Waals surface area (Å²) in [5.41, 5.74) is 4.10. The lowest BCUT2D eigenvalue weighted by Crippen LogP contribution is -2.37. The number of unbranched alkanes of at least 4 members (excludes halogenated alkanes) is 3. The van der Waals surface area contributed by atoms with Crippen molar-refractivity contribution in [3.8, 4) is 0 Å². The number of rotatable bonds is 8. The smallest absolute Gasteiger partial charge is 0.323 e. The molecular formula is C12H24FNO2. The molecule has 1 atom stereocenters. The fourth-order valence-corrected chi connectivity index (χ4v) is 1.41. The lowest BCUT2D eigenvalue weighted by molar-refractivity contribution is -0.146. The molecule has 0 aromatic rings. The molecule has 16 heavy (non-hydrogen) atoms. The molecular weight excluding hydrogens is 209 g/mol. The summed E-state index contributed by atoms with van der Waals surface area (Å²) in [6.45, 7) is 5.31. The molecule has 0 aromatic carbocycles. The van der Waals surface area contributed by atoms with Crippen LogP contribution in [-0.4, -0.2) is 24.3 Å². The predicted octanol–water partition coefficient (Wildman–Crippen LogP) is 2.58. The number of alkyl halides is 1. The summed E-state index contributed by atoms with van der Waals surface area (Å²) in [6.07, 6.45) is 4.18. The minimum Gasteiger partial charge on any atom is -0.465 e. The Kier molecular flexibility index (Phi) is 7.30. The Bertz CT molecular complexity index is 202. The average Bonchev–Trinajstić information content (AvgIpc) is 2.14. The molecule has 2 N–H and O–H groups in total. The minimum absolute atomic E-state index is 0.000787. The summed E-state index contributed by atoms with van der Waals surface area (Å²) in [6, 6.07) is -0.855. The topological polar surface area (TPSA) is 52.3 Å². The number of esters is 1. The van der Waals surface area contributed by atoms with E-state index >= 15 is 0 Å². The Morgan fingerprint density at radius 2 is 2.00 bits per heavy atom. The van der Waals surface area contributed by atoms with Gasteiger partial charge in [0.1, 0.15) is 11.7 Å². The molecule has 0 rings (SSSR count). The molecule has 0 saturated carbocycles. The van der Waals surface area contributed by atoms with Gasteiger partial charge in [-0.15, -0.1) is 0 Å². The van der Waals surface area contributed by atoms with E-state index in [0.717, 1.165) is 25.7 Å². The number of hydrogen-bond acceptors (Lipinski definition) is 3. The highest BCUT2D eigenvalue weighted by atomic mass is 19.1. The van der Waals surface area contributed by atoms with Crippen molar-refractivity contribution < 1.29 is 13.9 Å². The largest absolute Gasteiger partial charge is 0.465 e. The van der Waals surface area contributed by atoms with Crippen LogP contribution in [0.3, 0.4) is 0 Å². The van der Waals surface area contributed by atoms with E-state index in [1.165, 1.54) is 13.8 Å². The van der Waals surface area contributed by atoms with Crippen LogP contribution in [-0.2, 0) is 9.53 Å². The van der Waals surface area contributed by atoms with Crippen molar-refractivity contribution >= 4 is 5.97 Å². The van der Waals surface area contributed by atoms with Crippen LogP contribution in [0.5, 0.6) is 0 Å². The lowest BCUT2D eigenvalue weighted by Gasteiger charge is -2.18. The van der Waals surface area contributed by atoms with E-state index in [-0.39, 0.29) is 6.42 Å². The maximum absolute atomic E-state index is 13.2. The van der Waals surface area contributed by atoms with Crippen LogP contribution < -0.4 is 5.73 Å². The Labute approximate surface area is 97.5 Å². The maximum Gasteiger partial charge on any atom is 0.323 e. The normalized spacial score (nSPS) is 13.6. The van der Waals surface area contributed by atoms with E-state index < -0.39 is 17.7 Å². The quantitative estimate of drug-likeness (QED) is 0.518. The van der Waals surface area contributed by atoms with Gasteiger partial charge in [0.05, 0.1) is 6.61 Å². The second-order valence-electron chi connectivity index (χ2n) is 4.76. The minimum atomic E-state index is -1.43. The number of nitrogens with two attached hydrogens (primary N) is 1. The molecule has 0 heterocycles. The lowest BCUT2D eigenvalue weighted by atomic mass is 10.0. The number of ether oxygens (including phenoxy) is 1. The van der Waals surface area contributed by atoms with Gasteiger partial charge < -0.3 is 10.5 Å². The van der Waals surface area contributed by atoms with Crippen LogP contribution >= 0.6 is 0 Å². The number of carbonyl (C=O) groups excluding carboxylic acids is 1. The zero-order chi connectivity index (χ0) is 12.6. The first-order valence-electron chi connectivity index (χ1n) is 5.98. The van der Waals surface area contributed by atoms with E-state index in [0.29, 0.717) is 6.61 Å². The third kappa shape index (κ3) is 8.65. The van der Waals surface area contributed by atoms with Crippen molar-refractivity contribution in [3.63, 3.8) is 0 Å². The van der Waals surface area contributed by atoms with Crippen molar-refractivity contribution in [3.05, 3.63) is 0 Å². The molecule has 0 radical (unpaired) electrons. The van der Waals surface area contributed by atoms with Gasteiger partial charge >= 0.3 is 5.97 Å². The van der Waals surface area contributed by atoms with Crippen molar-refractivity contribution in [2.75, 3.05) is 6.61 Å². The van der Waals surface area contributed by atoms with E-state index in [1.807, 2.05) is 0 Å². The molecule has 0 spiro atoms. The van der Waals surface area contributed by atoms with Crippen molar-refractivity contribution in [2.24, 2.45) is 5.73 Å². The summed E-state index contributed by atoms with van der Waals surface area (Å²) >= 11 is 0. The van der Waals surface area contributed by atoms with Crippen LogP contribution in [0.15, 0.2) is 0 Å². The number of hydrogen-bond donors (Lipinski definition) is 1. The third-order valence-electron chi connectivity index (χ3n) is 2.25. The van der Waals surface area contributed by atoms with E-state index in [9.17, 15) is 9.18 Å². The first kappa shape index (κ1) is 15.4. The van der Waals surface area contributed by atoms with E-state index in [1.54, 1.807) is 0 Å². The van der Waals surface area contributed by atoms with Crippen LogP contribution in [0.25, 0.3) is 0 Å². The highest BCUT2D eigenvalue weighted by Gasteiger charge is 2.25. The summed E-state index contributed by atoms with van der Waals surface area (Å²) in [7, 11) is 0. The number of halogens is 1. The molecule has 96 valence electrons. The highest BCUT2D eigenvalue weighted by molar-refractivity contribution is 5.75. The van der Waals surface area contributed by atoms with E-state index in [2.05, 4.69) is 6.92 Å². The highest BCUT2D eigenvalue weighted by Crippen LogP contribution is 2.15. The Balaban J connectivity index is 3.64. The molecule has 0 fully saturated rings. The first-order chi connectivity index (χ1) is 7.37. The van der Waals surface area contributed by atoms with Crippen LogP contribution in [0, 0.1) is 0 Å². The molecule has 4 heteroatoms. The van der Waals surface area contributed by atoms with Gasteiger partial charge in [0.2, 0.25) is 0 Å². The fourth-order valence-electron chi connectivity index (χ4n) is 1.41. The third-order valence-corrected chi connectivity index (χ3v) is 2.25. The van der Waals surface area contributed by atoms with Gasteiger partial charge in [0.25, 0.3) is 0 Å². The summed E-state index contributed by atoms with van der Waals surface area (Å²) in [5.74, 6) is -0.498. The fraction of sp³-hybridized carbons (Fsp3) is 0.917. The second-order valence-corrected chi connectivity index (χ2v) is 4.76. The van der Waals surface area contributed by atoms with Gasteiger partial charge in [-0.25, -0.2) is 4.39 Å². The van der Waals surface area contributed by atoms with Crippen molar-refractivity contribution in [2.45, 2.75) is 64.6 Å². The Morgan fingerprint density at radius 3 is 2.50 bits per heavy atom. The molecule has 0 bridgehead atoms. The Morgan fingerprint density at radius 1 is 1.38 bits per heavy atom. The Hall–Kier alpha value is -0.640. The molecule has 0 aromatic heterocycles. The number of carbonyl (C=O) groups is 1. The maximum atomic E-state index is 13.2.